The molecule has 28 heavy (non-hydrogen) atoms. The minimum atomic E-state index is -0.356. The molecule has 0 saturated heterocycles. The SMILES string of the molecule is CCOc1ccccc1Oc1c(C)oc2cc(OC(=O)C(C)C)ccc2c1=O. The van der Waals surface area contributed by atoms with Crippen LogP contribution in [0.4, 0.5) is 0 Å². The van der Waals surface area contributed by atoms with E-state index in [0.717, 1.165) is 0 Å². The van der Waals surface area contributed by atoms with Gasteiger partial charge in [-0.2, -0.15) is 0 Å². The fourth-order valence-corrected chi connectivity index (χ4v) is 2.60. The molecule has 6 nitrogen and oxygen atoms in total. The number of hydrogen-bond acceptors (Lipinski definition) is 6. The Morgan fingerprint density at radius 3 is 2.50 bits per heavy atom. The van der Waals surface area contributed by atoms with Gasteiger partial charge in [0.2, 0.25) is 11.2 Å². The summed E-state index contributed by atoms with van der Waals surface area (Å²) in [6.07, 6.45) is 0. The van der Waals surface area contributed by atoms with Crippen LogP contribution in [0, 0.1) is 12.8 Å². The second kappa shape index (κ2) is 8.17. The summed E-state index contributed by atoms with van der Waals surface area (Å²) in [5, 5.41) is 0.332. The van der Waals surface area contributed by atoms with Gasteiger partial charge in [-0.3, -0.25) is 9.59 Å². The van der Waals surface area contributed by atoms with E-state index in [1.165, 1.54) is 6.07 Å². The summed E-state index contributed by atoms with van der Waals surface area (Å²) < 4.78 is 22.4. The van der Waals surface area contributed by atoms with E-state index in [2.05, 4.69) is 0 Å². The standard InChI is InChI=1S/C22H22O6/c1-5-25-17-8-6-7-9-18(17)28-21-14(4)26-19-12-15(27-22(24)13(2)3)10-11-16(19)20(21)23/h6-13H,5H2,1-4H3. The van der Waals surface area contributed by atoms with E-state index in [1.807, 2.05) is 13.0 Å². The van der Waals surface area contributed by atoms with Gasteiger partial charge in [-0.05, 0) is 38.1 Å². The van der Waals surface area contributed by atoms with Gasteiger partial charge in [0.05, 0.1) is 17.9 Å². The first-order valence-corrected chi connectivity index (χ1v) is 9.09. The van der Waals surface area contributed by atoms with Crippen LogP contribution in [0.1, 0.15) is 26.5 Å². The largest absolute Gasteiger partial charge is 0.490 e. The van der Waals surface area contributed by atoms with Crippen LogP contribution >= 0.6 is 0 Å². The lowest BCUT2D eigenvalue weighted by Crippen LogP contribution is -2.15. The lowest BCUT2D eigenvalue weighted by Gasteiger charge is -2.13. The van der Waals surface area contributed by atoms with Crippen molar-refractivity contribution in [3.63, 3.8) is 0 Å². The molecule has 1 aromatic heterocycles. The summed E-state index contributed by atoms with van der Waals surface area (Å²) >= 11 is 0. The Kier molecular flexibility index (Phi) is 5.68. The molecule has 0 radical (unpaired) electrons. The summed E-state index contributed by atoms with van der Waals surface area (Å²) in [7, 11) is 0. The van der Waals surface area contributed by atoms with E-state index in [1.54, 1.807) is 51.1 Å². The normalized spacial score (nSPS) is 10.9. The minimum Gasteiger partial charge on any atom is -0.490 e. The quantitative estimate of drug-likeness (QED) is 0.448. The van der Waals surface area contributed by atoms with E-state index in [9.17, 15) is 9.59 Å². The number of esters is 1. The Morgan fingerprint density at radius 1 is 1.11 bits per heavy atom. The smallest absolute Gasteiger partial charge is 0.313 e. The van der Waals surface area contributed by atoms with Crippen LogP contribution in [-0.4, -0.2) is 12.6 Å². The Balaban J connectivity index is 1.99. The number of hydrogen-bond donors (Lipinski definition) is 0. The van der Waals surface area contributed by atoms with Gasteiger partial charge in [0.1, 0.15) is 17.1 Å². The van der Waals surface area contributed by atoms with Crippen molar-refractivity contribution in [1.29, 1.82) is 0 Å². The third-order valence-corrected chi connectivity index (χ3v) is 4.04. The fraction of sp³-hybridized carbons (Fsp3) is 0.273. The molecular formula is C22H22O6. The summed E-state index contributed by atoms with van der Waals surface area (Å²) in [4.78, 5) is 24.7. The topological polar surface area (TPSA) is 75.0 Å². The zero-order chi connectivity index (χ0) is 20.3. The van der Waals surface area contributed by atoms with Gasteiger partial charge in [0.25, 0.3) is 0 Å². The number of fused-ring (bicyclic) bond motifs is 1. The van der Waals surface area contributed by atoms with E-state index >= 15 is 0 Å². The first kappa shape index (κ1) is 19.5. The molecule has 0 saturated carbocycles. The van der Waals surface area contributed by atoms with E-state index in [0.29, 0.717) is 40.6 Å². The van der Waals surface area contributed by atoms with Crippen LogP contribution in [-0.2, 0) is 4.79 Å². The van der Waals surface area contributed by atoms with Crippen LogP contribution in [0.3, 0.4) is 0 Å². The lowest BCUT2D eigenvalue weighted by molar-refractivity contribution is -0.137. The highest BCUT2D eigenvalue weighted by Crippen LogP contribution is 2.33. The molecular weight excluding hydrogens is 360 g/mol. The van der Waals surface area contributed by atoms with Crippen LogP contribution in [0.5, 0.6) is 23.0 Å². The summed E-state index contributed by atoms with van der Waals surface area (Å²) in [5.74, 6) is 1.09. The number of para-hydroxylation sites is 2. The molecule has 0 amide bonds. The van der Waals surface area contributed by atoms with Gasteiger partial charge >= 0.3 is 5.97 Å². The van der Waals surface area contributed by atoms with Crippen molar-refractivity contribution < 1.29 is 23.4 Å². The third kappa shape index (κ3) is 4.01. The number of ether oxygens (including phenoxy) is 3. The molecule has 0 spiro atoms. The Labute approximate surface area is 162 Å². The average molecular weight is 382 g/mol. The number of benzene rings is 2. The summed E-state index contributed by atoms with van der Waals surface area (Å²) in [6, 6.07) is 11.8. The molecule has 3 aromatic rings. The third-order valence-electron chi connectivity index (χ3n) is 4.04. The van der Waals surface area contributed by atoms with E-state index in [4.69, 9.17) is 18.6 Å². The zero-order valence-electron chi connectivity index (χ0n) is 16.3. The predicted octanol–water partition coefficient (Wildman–Crippen LogP) is 4.85. The Morgan fingerprint density at radius 2 is 1.82 bits per heavy atom. The van der Waals surface area contributed by atoms with Gasteiger partial charge in [0.15, 0.2) is 11.5 Å². The van der Waals surface area contributed by atoms with Gasteiger partial charge in [0, 0.05) is 6.07 Å². The van der Waals surface area contributed by atoms with Gasteiger partial charge < -0.3 is 18.6 Å². The monoisotopic (exact) mass is 382 g/mol. The highest BCUT2D eigenvalue weighted by atomic mass is 16.5. The van der Waals surface area contributed by atoms with Crippen LogP contribution in [0.2, 0.25) is 0 Å². The molecule has 2 aromatic carbocycles. The van der Waals surface area contributed by atoms with Crippen molar-refractivity contribution >= 4 is 16.9 Å². The van der Waals surface area contributed by atoms with Crippen LogP contribution in [0.25, 0.3) is 11.0 Å². The second-order valence-electron chi connectivity index (χ2n) is 6.53. The van der Waals surface area contributed by atoms with Crippen molar-refractivity contribution in [2.45, 2.75) is 27.7 Å². The molecule has 0 atom stereocenters. The fourth-order valence-electron chi connectivity index (χ4n) is 2.60. The van der Waals surface area contributed by atoms with Crippen molar-refractivity contribution in [3.05, 3.63) is 58.4 Å². The lowest BCUT2D eigenvalue weighted by atomic mass is 10.2. The minimum absolute atomic E-state index is 0.0894. The molecule has 0 N–H and O–H groups in total. The second-order valence-corrected chi connectivity index (χ2v) is 6.53. The highest BCUT2D eigenvalue weighted by Gasteiger charge is 2.17. The molecule has 0 bridgehead atoms. The average Bonchev–Trinajstić information content (AvgIpc) is 2.66. The molecule has 0 aliphatic carbocycles. The Hall–Kier alpha value is -3.28. The molecule has 1 heterocycles. The molecule has 0 aliphatic rings. The maximum absolute atomic E-state index is 12.9. The van der Waals surface area contributed by atoms with Crippen molar-refractivity contribution in [2.24, 2.45) is 5.92 Å². The molecule has 0 aliphatic heterocycles. The van der Waals surface area contributed by atoms with Crippen molar-refractivity contribution in [3.8, 4) is 23.0 Å². The maximum Gasteiger partial charge on any atom is 0.313 e. The van der Waals surface area contributed by atoms with E-state index < -0.39 is 0 Å². The number of aryl methyl sites for hydroxylation is 1. The predicted molar refractivity (Wildman–Crippen MR) is 105 cm³/mol. The molecule has 3 rings (SSSR count). The first-order chi connectivity index (χ1) is 13.4. The summed E-state index contributed by atoms with van der Waals surface area (Å²) in [6.45, 7) is 7.49. The number of rotatable bonds is 6. The van der Waals surface area contributed by atoms with Crippen LogP contribution in [0.15, 0.2) is 51.7 Å². The van der Waals surface area contributed by atoms with Crippen LogP contribution < -0.4 is 19.6 Å². The van der Waals surface area contributed by atoms with Crippen molar-refractivity contribution in [2.75, 3.05) is 6.61 Å². The number of carbonyl (C=O) groups excluding carboxylic acids is 1. The van der Waals surface area contributed by atoms with E-state index in [-0.39, 0.29) is 23.1 Å². The molecule has 0 unspecified atom stereocenters. The molecule has 6 heteroatoms. The first-order valence-electron chi connectivity index (χ1n) is 9.09. The van der Waals surface area contributed by atoms with Gasteiger partial charge in [-0.15, -0.1) is 0 Å². The highest BCUT2D eigenvalue weighted by molar-refractivity contribution is 5.81. The summed E-state index contributed by atoms with van der Waals surface area (Å²) in [5.41, 5.74) is 0.00814. The van der Waals surface area contributed by atoms with Gasteiger partial charge in [-0.1, -0.05) is 26.0 Å². The Bertz CT molecular complexity index is 1060. The zero-order valence-corrected chi connectivity index (χ0v) is 16.3. The maximum atomic E-state index is 12.9. The van der Waals surface area contributed by atoms with Crippen molar-refractivity contribution in [1.82, 2.24) is 0 Å². The van der Waals surface area contributed by atoms with Gasteiger partial charge in [-0.25, -0.2) is 0 Å². The molecule has 0 fully saturated rings. The molecule has 146 valence electrons. The number of carbonyl (C=O) groups is 1.